The molecular formula is C18H27F2IN4O2. The van der Waals surface area contributed by atoms with Crippen LogP contribution in [0.1, 0.15) is 20.8 Å². The number of nitrogens with one attached hydrogen (secondary N) is 1. The van der Waals surface area contributed by atoms with Gasteiger partial charge in [0.05, 0.1) is 5.69 Å². The molecule has 1 aliphatic heterocycles. The van der Waals surface area contributed by atoms with Gasteiger partial charge < -0.3 is 19.9 Å². The van der Waals surface area contributed by atoms with E-state index in [1.165, 1.54) is 6.07 Å². The van der Waals surface area contributed by atoms with Gasteiger partial charge in [0, 0.05) is 39.3 Å². The molecule has 0 aromatic heterocycles. The molecule has 0 unspecified atom stereocenters. The average Bonchev–Trinajstić information content (AvgIpc) is 2.56. The summed E-state index contributed by atoms with van der Waals surface area (Å²) >= 11 is 0. The van der Waals surface area contributed by atoms with Crippen LogP contribution in [-0.4, -0.2) is 62.2 Å². The molecule has 0 radical (unpaired) electrons. The van der Waals surface area contributed by atoms with E-state index in [1.54, 1.807) is 11.9 Å². The second-order valence-corrected chi connectivity index (χ2v) is 7.06. The molecule has 1 aliphatic rings. The van der Waals surface area contributed by atoms with Crippen molar-refractivity contribution in [2.45, 2.75) is 26.4 Å². The van der Waals surface area contributed by atoms with E-state index in [1.807, 2.05) is 25.7 Å². The minimum absolute atomic E-state index is 0. The molecule has 0 amide bonds. The topological polar surface area (TPSA) is 57.2 Å². The molecule has 1 N–H and O–H groups in total. The van der Waals surface area contributed by atoms with E-state index in [4.69, 9.17) is 4.74 Å². The number of aliphatic imine (C=N–C) groups is 1. The number of nitrogens with zero attached hydrogens (tertiary/aromatic N) is 3. The van der Waals surface area contributed by atoms with Crippen LogP contribution in [0.5, 0.6) is 0 Å². The number of hydrogen-bond acceptors (Lipinski definition) is 4. The van der Waals surface area contributed by atoms with E-state index in [0.29, 0.717) is 32.1 Å². The van der Waals surface area contributed by atoms with Crippen molar-refractivity contribution in [3.8, 4) is 0 Å². The quantitative estimate of drug-likeness (QED) is 0.302. The molecule has 1 aromatic carbocycles. The van der Waals surface area contributed by atoms with Gasteiger partial charge in [-0.2, -0.15) is 0 Å². The van der Waals surface area contributed by atoms with E-state index in [-0.39, 0.29) is 42.2 Å². The molecule has 1 saturated heterocycles. The highest BCUT2D eigenvalue weighted by Gasteiger charge is 2.23. The number of benzene rings is 1. The monoisotopic (exact) mass is 496 g/mol. The number of hydrogen-bond donors (Lipinski definition) is 1. The number of rotatable bonds is 3. The lowest BCUT2D eigenvalue weighted by Crippen LogP contribution is -2.53. The van der Waals surface area contributed by atoms with Gasteiger partial charge in [0.15, 0.2) is 5.96 Å². The molecule has 0 aliphatic carbocycles. The summed E-state index contributed by atoms with van der Waals surface area (Å²) in [5.41, 5.74) is -0.274. The standard InChI is InChI=1S/C18H26F2N4O2.HI/c1-18(2,3)26-16(25)12-22-17(21-4)24-9-7-23(8-10-24)15-11-13(19)5-6-14(15)20;/h5-6,11H,7-10,12H2,1-4H3,(H,21,22);1H. The van der Waals surface area contributed by atoms with Crippen molar-refractivity contribution in [3.05, 3.63) is 29.8 Å². The number of esters is 1. The van der Waals surface area contributed by atoms with Gasteiger partial charge in [-0.15, -0.1) is 24.0 Å². The van der Waals surface area contributed by atoms with Crippen LogP contribution in [0.15, 0.2) is 23.2 Å². The second-order valence-electron chi connectivity index (χ2n) is 7.06. The molecular weight excluding hydrogens is 469 g/mol. The summed E-state index contributed by atoms with van der Waals surface area (Å²) in [4.78, 5) is 19.8. The Balaban J connectivity index is 0.00000364. The molecule has 0 spiro atoms. The maximum absolute atomic E-state index is 13.9. The SMILES string of the molecule is CN=C(NCC(=O)OC(C)(C)C)N1CCN(c2cc(F)ccc2F)CC1.I. The third-order valence-electron chi connectivity index (χ3n) is 3.85. The van der Waals surface area contributed by atoms with Gasteiger partial charge in [-0.3, -0.25) is 9.79 Å². The number of ether oxygens (including phenoxy) is 1. The Morgan fingerprint density at radius 1 is 1.22 bits per heavy atom. The van der Waals surface area contributed by atoms with Gasteiger partial charge in [-0.25, -0.2) is 8.78 Å². The first-order chi connectivity index (χ1) is 12.2. The largest absolute Gasteiger partial charge is 0.459 e. The van der Waals surface area contributed by atoms with Crippen molar-refractivity contribution in [3.63, 3.8) is 0 Å². The average molecular weight is 496 g/mol. The summed E-state index contributed by atoms with van der Waals surface area (Å²) in [6.07, 6.45) is 0. The predicted octanol–water partition coefficient (Wildman–Crippen LogP) is 2.62. The van der Waals surface area contributed by atoms with E-state index >= 15 is 0 Å². The lowest BCUT2D eigenvalue weighted by molar-refractivity contribution is -0.153. The van der Waals surface area contributed by atoms with Crippen LogP contribution in [-0.2, 0) is 9.53 Å². The molecule has 1 heterocycles. The smallest absolute Gasteiger partial charge is 0.325 e. The molecule has 6 nitrogen and oxygen atoms in total. The highest BCUT2D eigenvalue weighted by atomic mass is 127. The van der Waals surface area contributed by atoms with Gasteiger partial charge in [0.1, 0.15) is 23.8 Å². The number of carbonyl (C=O) groups excluding carboxylic acids is 1. The summed E-state index contributed by atoms with van der Waals surface area (Å²) in [5.74, 6) is -0.680. The maximum Gasteiger partial charge on any atom is 0.325 e. The number of piperazine rings is 1. The highest BCUT2D eigenvalue weighted by Crippen LogP contribution is 2.21. The van der Waals surface area contributed by atoms with Gasteiger partial charge >= 0.3 is 5.97 Å². The molecule has 1 aromatic rings. The van der Waals surface area contributed by atoms with Crippen LogP contribution >= 0.6 is 24.0 Å². The Morgan fingerprint density at radius 2 is 1.85 bits per heavy atom. The molecule has 2 rings (SSSR count). The summed E-state index contributed by atoms with van der Waals surface area (Å²) in [6.45, 7) is 7.64. The van der Waals surface area contributed by atoms with Crippen LogP contribution in [0.2, 0.25) is 0 Å². The van der Waals surface area contributed by atoms with Gasteiger partial charge in [0.2, 0.25) is 0 Å². The van der Waals surface area contributed by atoms with Crippen molar-refractivity contribution < 1.29 is 18.3 Å². The van der Waals surface area contributed by atoms with Crippen LogP contribution in [0, 0.1) is 11.6 Å². The lowest BCUT2D eigenvalue weighted by atomic mass is 10.2. The Bertz CT molecular complexity index is 672. The highest BCUT2D eigenvalue weighted by molar-refractivity contribution is 14.0. The van der Waals surface area contributed by atoms with Crippen LogP contribution in [0.4, 0.5) is 14.5 Å². The van der Waals surface area contributed by atoms with E-state index < -0.39 is 17.2 Å². The Hall–Kier alpha value is -1.65. The molecule has 0 bridgehead atoms. The van der Waals surface area contributed by atoms with Crippen LogP contribution < -0.4 is 10.2 Å². The lowest BCUT2D eigenvalue weighted by Gasteiger charge is -2.37. The summed E-state index contributed by atoms with van der Waals surface area (Å²) in [6, 6.07) is 3.45. The molecule has 27 heavy (non-hydrogen) atoms. The summed E-state index contributed by atoms with van der Waals surface area (Å²) in [5, 5.41) is 2.99. The first kappa shape index (κ1) is 23.4. The maximum atomic E-state index is 13.9. The predicted molar refractivity (Wildman–Crippen MR) is 113 cm³/mol. The zero-order valence-corrected chi connectivity index (χ0v) is 18.4. The van der Waals surface area contributed by atoms with Crippen molar-refractivity contribution in [2.24, 2.45) is 4.99 Å². The minimum Gasteiger partial charge on any atom is -0.459 e. The fourth-order valence-corrected chi connectivity index (χ4v) is 2.75. The summed E-state index contributed by atoms with van der Waals surface area (Å²) in [7, 11) is 1.63. The molecule has 9 heteroatoms. The molecule has 152 valence electrons. The van der Waals surface area contributed by atoms with Crippen molar-refractivity contribution in [2.75, 3.05) is 44.7 Å². The van der Waals surface area contributed by atoms with Gasteiger partial charge in [0.25, 0.3) is 0 Å². The van der Waals surface area contributed by atoms with Gasteiger partial charge in [-0.05, 0) is 32.9 Å². The van der Waals surface area contributed by atoms with Crippen molar-refractivity contribution in [1.82, 2.24) is 10.2 Å². The Labute approximate surface area is 176 Å². The van der Waals surface area contributed by atoms with E-state index in [9.17, 15) is 13.6 Å². The normalized spacial score (nSPS) is 15.3. The number of anilines is 1. The van der Waals surface area contributed by atoms with Crippen molar-refractivity contribution in [1.29, 1.82) is 0 Å². The van der Waals surface area contributed by atoms with E-state index in [2.05, 4.69) is 10.3 Å². The summed E-state index contributed by atoms with van der Waals surface area (Å²) < 4.78 is 32.5. The number of carbonyl (C=O) groups is 1. The molecule has 0 atom stereocenters. The second kappa shape index (κ2) is 10.0. The third kappa shape index (κ3) is 7.11. The number of halogens is 3. The molecule has 1 fully saturated rings. The zero-order chi connectivity index (χ0) is 19.3. The fraction of sp³-hybridized carbons (Fsp3) is 0.556. The molecule has 0 saturated carbocycles. The van der Waals surface area contributed by atoms with E-state index in [0.717, 1.165) is 12.1 Å². The minimum atomic E-state index is -0.539. The first-order valence-corrected chi connectivity index (χ1v) is 8.57. The van der Waals surface area contributed by atoms with Crippen LogP contribution in [0.3, 0.4) is 0 Å². The van der Waals surface area contributed by atoms with Gasteiger partial charge in [-0.1, -0.05) is 0 Å². The Morgan fingerprint density at radius 3 is 2.41 bits per heavy atom. The fourth-order valence-electron chi connectivity index (χ4n) is 2.75. The third-order valence-corrected chi connectivity index (χ3v) is 3.85. The Kier molecular flexibility index (Phi) is 8.70. The zero-order valence-electron chi connectivity index (χ0n) is 16.1. The number of guanidine groups is 1. The van der Waals surface area contributed by atoms with Crippen molar-refractivity contribution >= 4 is 41.6 Å². The van der Waals surface area contributed by atoms with Crippen LogP contribution in [0.25, 0.3) is 0 Å². The first-order valence-electron chi connectivity index (χ1n) is 8.57.